The van der Waals surface area contributed by atoms with Gasteiger partial charge in [-0.3, -0.25) is 4.79 Å². The van der Waals surface area contributed by atoms with Crippen molar-refractivity contribution in [3.8, 4) is 5.75 Å². The van der Waals surface area contributed by atoms with E-state index in [1.165, 1.54) is 25.3 Å². The first-order chi connectivity index (χ1) is 19.7. The summed E-state index contributed by atoms with van der Waals surface area (Å²) < 4.78 is 74.0. The van der Waals surface area contributed by atoms with Crippen LogP contribution >= 0.6 is 0 Å². The fourth-order valence-electron chi connectivity index (χ4n) is 4.59. The minimum absolute atomic E-state index is 0.171. The number of nitrogens with one attached hydrogen (secondary N) is 4. The number of anilines is 3. The van der Waals surface area contributed by atoms with E-state index in [0.29, 0.717) is 36.1 Å². The zero-order valence-electron chi connectivity index (χ0n) is 23.4. The first-order valence-corrected chi connectivity index (χ1v) is 14.8. The second-order valence-corrected chi connectivity index (χ2v) is 11.9. The number of hydrogen-bond acceptors (Lipinski definition) is 9. The standard InChI is InChI=1S/C27H32F3N7O4S/c1-37(2)12-11-31-25(38)17-9-10-20(22(14-17)41-3)34-26-32-15-19(27(28,29)30)24(35-26)33-21-13-16-7-5-6-8-18(16)23(21)36-42(4,39)40/h5-10,14-15,21,23,36H,11-13H2,1-4H3,(H,31,38)(H2,32,33,34,35)/t21-,23-/m1/s1. The van der Waals surface area contributed by atoms with Gasteiger partial charge in [0.25, 0.3) is 5.91 Å². The van der Waals surface area contributed by atoms with Crippen molar-refractivity contribution in [1.29, 1.82) is 0 Å². The fourth-order valence-corrected chi connectivity index (χ4v) is 5.34. The summed E-state index contributed by atoms with van der Waals surface area (Å²) in [4.78, 5) is 22.4. The lowest BCUT2D eigenvalue weighted by Gasteiger charge is -2.24. The zero-order valence-corrected chi connectivity index (χ0v) is 24.2. The average molecular weight is 608 g/mol. The molecule has 2 atom stereocenters. The molecule has 1 heterocycles. The number of methoxy groups -OCH3 is 1. The maximum atomic E-state index is 14.0. The third-order valence-corrected chi connectivity index (χ3v) is 7.23. The molecule has 4 rings (SSSR count). The monoisotopic (exact) mass is 607 g/mol. The summed E-state index contributed by atoms with van der Waals surface area (Å²) in [5, 5.41) is 8.47. The molecule has 4 N–H and O–H groups in total. The highest BCUT2D eigenvalue weighted by atomic mass is 32.2. The van der Waals surface area contributed by atoms with Gasteiger partial charge >= 0.3 is 6.18 Å². The van der Waals surface area contributed by atoms with E-state index in [4.69, 9.17) is 4.74 Å². The van der Waals surface area contributed by atoms with Crippen molar-refractivity contribution in [2.24, 2.45) is 0 Å². The molecule has 1 aromatic heterocycles. The summed E-state index contributed by atoms with van der Waals surface area (Å²) in [6.45, 7) is 1.10. The van der Waals surface area contributed by atoms with Gasteiger partial charge in [-0.05, 0) is 49.8 Å². The molecule has 0 unspecified atom stereocenters. The molecule has 2 aromatic carbocycles. The summed E-state index contributed by atoms with van der Waals surface area (Å²) in [5.41, 5.74) is 0.999. The van der Waals surface area contributed by atoms with Gasteiger partial charge in [-0.2, -0.15) is 18.2 Å². The molecule has 1 amide bonds. The summed E-state index contributed by atoms with van der Waals surface area (Å²) in [5.74, 6) is -0.755. The maximum absolute atomic E-state index is 14.0. The van der Waals surface area contributed by atoms with Crippen LogP contribution in [-0.4, -0.2) is 75.8 Å². The number of alkyl halides is 3. The number of benzene rings is 2. The van der Waals surface area contributed by atoms with Crippen molar-refractivity contribution in [3.63, 3.8) is 0 Å². The Morgan fingerprint density at radius 3 is 2.57 bits per heavy atom. The van der Waals surface area contributed by atoms with E-state index in [1.807, 2.05) is 19.0 Å². The van der Waals surface area contributed by atoms with Crippen molar-refractivity contribution >= 4 is 33.4 Å². The highest BCUT2D eigenvalue weighted by Gasteiger charge is 2.39. The number of carbonyl (C=O) groups excluding carboxylic acids is 1. The van der Waals surface area contributed by atoms with Gasteiger partial charge in [-0.15, -0.1) is 0 Å². The van der Waals surface area contributed by atoms with Gasteiger partial charge in [-0.1, -0.05) is 24.3 Å². The molecule has 0 bridgehead atoms. The van der Waals surface area contributed by atoms with Crippen LogP contribution in [0.2, 0.25) is 0 Å². The van der Waals surface area contributed by atoms with Gasteiger partial charge in [-0.25, -0.2) is 18.1 Å². The largest absolute Gasteiger partial charge is 0.495 e. The van der Waals surface area contributed by atoms with Crippen molar-refractivity contribution in [3.05, 3.63) is 70.9 Å². The molecule has 0 spiro atoms. The molecule has 0 fully saturated rings. The van der Waals surface area contributed by atoms with E-state index in [1.54, 1.807) is 24.3 Å². The van der Waals surface area contributed by atoms with Gasteiger partial charge in [0, 0.05) is 24.8 Å². The molecule has 0 aliphatic heterocycles. The number of nitrogens with zero attached hydrogens (tertiary/aromatic N) is 3. The number of sulfonamides is 1. The Morgan fingerprint density at radius 2 is 1.90 bits per heavy atom. The van der Waals surface area contributed by atoms with Crippen LogP contribution in [0, 0.1) is 0 Å². The molecule has 1 aliphatic carbocycles. The van der Waals surface area contributed by atoms with Gasteiger partial charge in [0.15, 0.2) is 0 Å². The SMILES string of the molecule is COc1cc(C(=O)NCCN(C)C)ccc1Nc1ncc(C(F)(F)F)c(N[C@@H]2Cc3ccccc3[C@H]2NS(C)(=O)=O)n1. The molecule has 42 heavy (non-hydrogen) atoms. The van der Waals surface area contributed by atoms with E-state index in [0.717, 1.165) is 11.8 Å². The smallest absolute Gasteiger partial charge is 0.421 e. The van der Waals surface area contributed by atoms with E-state index >= 15 is 0 Å². The fraction of sp³-hybridized carbons (Fsp3) is 0.370. The second-order valence-electron chi connectivity index (χ2n) is 10.1. The predicted molar refractivity (Wildman–Crippen MR) is 152 cm³/mol. The molecule has 0 saturated heterocycles. The Morgan fingerprint density at radius 1 is 1.17 bits per heavy atom. The normalized spacial score (nSPS) is 16.7. The molecular weight excluding hydrogens is 575 g/mol. The lowest BCUT2D eigenvalue weighted by atomic mass is 10.1. The molecule has 1 aliphatic rings. The summed E-state index contributed by atoms with van der Waals surface area (Å²) in [7, 11) is 1.47. The van der Waals surface area contributed by atoms with Crippen LogP contribution in [0.25, 0.3) is 0 Å². The lowest BCUT2D eigenvalue weighted by Crippen LogP contribution is -2.38. The van der Waals surface area contributed by atoms with Crippen LogP contribution in [0.15, 0.2) is 48.7 Å². The molecule has 11 nitrogen and oxygen atoms in total. The highest BCUT2D eigenvalue weighted by Crippen LogP contribution is 2.38. The Labute approximate surface area is 241 Å². The first kappa shape index (κ1) is 31.0. The summed E-state index contributed by atoms with van der Waals surface area (Å²) in [6.07, 6.45) is -2.88. The second kappa shape index (κ2) is 12.5. The van der Waals surface area contributed by atoms with E-state index in [-0.39, 0.29) is 24.0 Å². The Hall–Kier alpha value is -3.95. The van der Waals surface area contributed by atoms with Gasteiger partial charge < -0.3 is 25.6 Å². The molecule has 226 valence electrons. The quantitative estimate of drug-likeness (QED) is 0.259. The number of halogens is 3. The topological polar surface area (TPSA) is 138 Å². The predicted octanol–water partition coefficient (Wildman–Crippen LogP) is 3.17. The molecular formula is C27H32F3N7O4S. The minimum Gasteiger partial charge on any atom is -0.495 e. The van der Waals surface area contributed by atoms with Gasteiger partial charge in [0.2, 0.25) is 16.0 Å². The van der Waals surface area contributed by atoms with Crippen LogP contribution in [0.4, 0.5) is 30.6 Å². The first-order valence-electron chi connectivity index (χ1n) is 12.9. The number of ether oxygens (including phenoxy) is 1. The third-order valence-electron chi connectivity index (χ3n) is 6.54. The minimum atomic E-state index is -4.79. The van der Waals surface area contributed by atoms with Crippen LogP contribution in [0.1, 0.15) is 33.1 Å². The number of rotatable bonds is 11. The van der Waals surface area contributed by atoms with Crippen molar-refractivity contribution in [2.75, 3.05) is 51.2 Å². The molecule has 3 aromatic rings. The number of fused-ring (bicyclic) bond motifs is 1. The Kier molecular flexibility index (Phi) is 9.23. The highest BCUT2D eigenvalue weighted by molar-refractivity contribution is 7.88. The number of likely N-dealkylation sites (N-methyl/N-ethyl adjacent to an activating group) is 1. The molecule has 0 radical (unpaired) electrons. The number of amides is 1. The lowest BCUT2D eigenvalue weighted by molar-refractivity contribution is -0.137. The molecule has 15 heteroatoms. The van der Waals surface area contributed by atoms with Crippen molar-refractivity contribution in [2.45, 2.75) is 24.7 Å². The number of hydrogen-bond donors (Lipinski definition) is 4. The van der Waals surface area contributed by atoms with E-state index in [2.05, 4.69) is 30.6 Å². The van der Waals surface area contributed by atoms with E-state index in [9.17, 15) is 26.4 Å². The number of aromatic nitrogens is 2. The van der Waals surface area contributed by atoms with Crippen molar-refractivity contribution < 1.29 is 31.1 Å². The number of carbonyl (C=O) groups is 1. The van der Waals surface area contributed by atoms with Gasteiger partial charge in [0.1, 0.15) is 17.1 Å². The van der Waals surface area contributed by atoms with Crippen LogP contribution < -0.4 is 25.4 Å². The average Bonchev–Trinajstić information content (AvgIpc) is 3.23. The van der Waals surface area contributed by atoms with Crippen LogP contribution in [0.5, 0.6) is 5.75 Å². The van der Waals surface area contributed by atoms with Crippen LogP contribution in [-0.2, 0) is 22.6 Å². The zero-order chi connectivity index (χ0) is 30.7. The Bertz CT molecular complexity index is 1550. The van der Waals surface area contributed by atoms with Gasteiger partial charge in [0.05, 0.1) is 31.1 Å². The third kappa shape index (κ3) is 7.66. The Balaban J connectivity index is 1.61. The maximum Gasteiger partial charge on any atom is 0.421 e. The summed E-state index contributed by atoms with van der Waals surface area (Å²) in [6, 6.07) is 10.0. The summed E-state index contributed by atoms with van der Waals surface area (Å²) >= 11 is 0. The van der Waals surface area contributed by atoms with Crippen molar-refractivity contribution in [1.82, 2.24) is 24.9 Å². The molecule has 0 saturated carbocycles. The van der Waals surface area contributed by atoms with E-state index < -0.39 is 39.7 Å². The van der Waals surface area contributed by atoms with Crippen LogP contribution in [0.3, 0.4) is 0 Å².